The molecular weight excluding hydrogens is 336 g/mol. The van der Waals surface area contributed by atoms with Crippen molar-refractivity contribution in [2.24, 2.45) is 17.8 Å². The van der Waals surface area contributed by atoms with E-state index < -0.39 is 0 Å². The number of aromatic nitrogens is 1. The maximum absolute atomic E-state index is 12.6. The topological polar surface area (TPSA) is 42.4 Å². The van der Waals surface area contributed by atoms with E-state index in [1.54, 1.807) is 0 Å². The van der Waals surface area contributed by atoms with E-state index in [1.807, 2.05) is 30.5 Å². The fourth-order valence-corrected chi connectivity index (χ4v) is 4.95. The van der Waals surface area contributed by atoms with Crippen LogP contribution in [0.25, 0.3) is 10.9 Å². The van der Waals surface area contributed by atoms with Gasteiger partial charge in [-0.05, 0) is 56.2 Å². The highest BCUT2D eigenvalue weighted by molar-refractivity contribution is 5.83. The Morgan fingerprint density at radius 1 is 1.26 bits per heavy atom. The summed E-state index contributed by atoms with van der Waals surface area (Å²) in [5.74, 6) is 1.29. The van der Waals surface area contributed by atoms with Crippen molar-refractivity contribution >= 4 is 16.9 Å². The predicted octanol–water partition coefficient (Wildman–Crippen LogP) is 4.13. The van der Waals surface area contributed by atoms with Crippen molar-refractivity contribution in [2.75, 3.05) is 13.1 Å². The first-order chi connectivity index (χ1) is 13.2. The Bertz CT molecular complexity index is 870. The number of pyridine rings is 1. The minimum atomic E-state index is -0.223. The first-order valence-electron chi connectivity index (χ1n) is 10.2. The Labute approximate surface area is 160 Å². The van der Waals surface area contributed by atoms with E-state index in [-0.39, 0.29) is 24.0 Å². The Balaban J connectivity index is 1.53. The zero-order chi connectivity index (χ0) is 18.4. The molecule has 4 fully saturated rings. The summed E-state index contributed by atoms with van der Waals surface area (Å²) < 4.78 is 6.20. The van der Waals surface area contributed by atoms with E-state index in [9.17, 15) is 4.79 Å². The molecule has 5 atom stereocenters. The van der Waals surface area contributed by atoms with Gasteiger partial charge in [0.05, 0.1) is 17.5 Å². The maximum atomic E-state index is 12.6. The van der Waals surface area contributed by atoms with Gasteiger partial charge in [0, 0.05) is 23.7 Å². The zero-order valence-corrected chi connectivity index (χ0v) is 15.6. The van der Waals surface area contributed by atoms with Gasteiger partial charge in [-0.1, -0.05) is 24.3 Å². The number of fused-ring (bicyclic) bond motifs is 4. The molecule has 0 radical (unpaired) electrons. The Morgan fingerprint density at radius 3 is 2.85 bits per heavy atom. The summed E-state index contributed by atoms with van der Waals surface area (Å²) in [7, 11) is 0. The van der Waals surface area contributed by atoms with Crippen LogP contribution in [-0.4, -0.2) is 35.0 Å². The third-order valence-corrected chi connectivity index (χ3v) is 6.65. The van der Waals surface area contributed by atoms with E-state index in [2.05, 4.69) is 28.6 Å². The van der Waals surface area contributed by atoms with Crippen molar-refractivity contribution in [1.82, 2.24) is 9.88 Å². The van der Waals surface area contributed by atoms with Gasteiger partial charge in [0.2, 0.25) is 0 Å². The molecule has 4 aliphatic rings. The van der Waals surface area contributed by atoms with Crippen LogP contribution in [0.3, 0.4) is 0 Å². The van der Waals surface area contributed by atoms with Crippen LogP contribution in [-0.2, 0) is 9.53 Å². The fourth-order valence-electron chi connectivity index (χ4n) is 4.95. The second-order valence-electron chi connectivity index (χ2n) is 8.30. The Morgan fingerprint density at radius 2 is 2.11 bits per heavy atom. The van der Waals surface area contributed by atoms with Gasteiger partial charge in [-0.15, -0.1) is 6.58 Å². The molecule has 4 heterocycles. The normalized spacial score (nSPS) is 30.8. The average Bonchev–Trinajstić information content (AvgIpc) is 3.57. The van der Waals surface area contributed by atoms with Gasteiger partial charge in [-0.2, -0.15) is 0 Å². The van der Waals surface area contributed by atoms with Crippen LogP contribution in [0, 0.1) is 17.8 Å². The molecule has 1 aromatic carbocycles. The van der Waals surface area contributed by atoms with Gasteiger partial charge in [-0.3, -0.25) is 14.7 Å². The third kappa shape index (κ3) is 3.06. The third-order valence-electron chi connectivity index (χ3n) is 6.65. The zero-order valence-electron chi connectivity index (χ0n) is 15.6. The molecule has 6 rings (SSSR count). The molecule has 3 saturated heterocycles. The average molecular weight is 362 g/mol. The summed E-state index contributed by atoms with van der Waals surface area (Å²) in [4.78, 5) is 19.6. The standard InChI is InChI=1S/C23H26N2O2/c1-2-15-14-25-12-10-17(15)13-21(25)22(27-23(26)16-7-8-16)19-9-11-24-20-6-4-3-5-18(19)20/h2-6,9,11,15-17,21-22H,1,7-8,10,12-14H2/t15?,17-,21?,22?/m0/s1. The molecule has 0 N–H and O–H groups in total. The number of nitrogens with zero attached hydrogens (tertiary/aromatic N) is 2. The van der Waals surface area contributed by atoms with E-state index in [0.29, 0.717) is 11.8 Å². The molecule has 4 nitrogen and oxygen atoms in total. The molecule has 1 saturated carbocycles. The number of hydrogen-bond donors (Lipinski definition) is 0. The fraction of sp³-hybridized carbons (Fsp3) is 0.478. The molecule has 27 heavy (non-hydrogen) atoms. The minimum absolute atomic E-state index is 0.0242. The first-order valence-corrected chi connectivity index (χ1v) is 10.2. The van der Waals surface area contributed by atoms with Gasteiger partial charge < -0.3 is 4.74 Å². The molecule has 0 spiro atoms. The largest absolute Gasteiger partial charge is 0.456 e. The number of esters is 1. The lowest BCUT2D eigenvalue weighted by Crippen LogP contribution is -2.55. The van der Waals surface area contributed by atoms with E-state index in [4.69, 9.17) is 4.74 Å². The number of ether oxygens (including phenoxy) is 1. The van der Waals surface area contributed by atoms with Crippen molar-refractivity contribution in [3.05, 3.63) is 54.7 Å². The highest BCUT2D eigenvalue weighted by atomic mass is 16.5. The highest BCUT2D eigenvalue weighted by Crippen LogP contribution is 2.44. The molecule has 2 aromatic rings. The SMILES string of the molecule is C=CC1CN2CC[C@H]1CC2C(OC(=O)C1CC1)c1ccnc2ccccc12. The number of carbonyl (C=O) groups is 1. The summed E-state index contributed by atoms with van der Waals surface area (Å²) in [5.41, 5.74) is 2.06. The van der Waals surface area contributed by atoms with Crippen molar-refractivity contribution in [3.63, 3.8) is 0 Å². The number of piperidine rings is 3. The lowest BCUT2D eigenvalue weighted by Gasteiger charge is -2.51. The number of carbonyl (C=O) groups excluding carboxylic acids is 1. The van der Waals surface area contributed by atoms with Crippen LogP contribution in [0.15, 0.2) is 49.2 Å². The smallest absolute Gasteiger partial charge is 0.309 e. The molecule has 2 bridgehead atoms. The maximum Gasteiger partial charge on any atom is 0.309 e. The molecule has 1 aromatic heterocycles. The van der Waals surface area contributed by atoms with E-state index in [0.717, 1.165) is 48.8 Å². The number of para-hydroxylation sites is 1. The molecule has 3 aliphatic heterocycles. The lowest BCUT2D eigenvalue weighted by molar-refractivity contribution is -0.158. The lowest BCUT2D eigenvalue weighted by atomic mass is 9.73. The van der Waals surface area contributed by atoms with Crippen molar-refractivity contribution < 1.29 is 9.53 Å². The monoisotopic (exact) mass is 362 g/mol. The second kappa shape index (κ2) is 6.75. The molecule has 140 valence electrons. The summed E-state index contributed by atoms with van der Waals surface area (Å²) in [6.45, 7) is 6.14. The molecule has 4 heteroatoms. The van der Waals surface area contributed by atoms with Crippen molar-refractivity contribution in [1.29, 1.82) is 0 Å². The van der Waals surface area contributed by atoms with Crippen LogP contribution in [0.5, 0.6) is 0 Å². The number of hydrogen-bond acceptors (Lipinski definition) is 4. The van der Waals surface area contributed by atoms with Crippen molar-refractivity contribution in [2.45, 2.75) is 37.8 Å². The van der Waals surface area contributed by atoms with Crippen LogP contribution >= 0.6 is 0 Å². The van der Waals surface area contributed by atoms with Gasteiger partial charge in [0.25, 0.3) is 0 Å². The Hall–Kier alpha value is -2.20. The van der Waals surface area contributed by atoms with Crippen LogP contribution in [0.4, 0.5) is 0 Å². The quantitative estimate of drug-likeness (QED) is 0.593. The highest BCUT2D eigenvalue weighted by Gasteiger charge is 2.45. The second-order valence-corrected chi connectivity index (χ2v) is 8.30. The van der Waals surface area contributed by atoms with Gasteiger partial charge >= 0.3 is 5.97 Å². The molecule has 1 aliphatic carbocycles. The van der Waals surface area contributed by atoms with Crippen LogP contribution in [0.1, 0.15) is 37.4 Å². The first kappa shape index (κ1) is 16.9. The summed E-state index contributed by atoms with van der Waals surface area (Å²) in [6, 6.07) is 10.5. The van der Waals surface area contributed by atoms with Crippen LogP contribution in [0.2, 0.25) is 0 Å². The predicted molar refractivity (Wildman–Crippen MR) is 105 cm³/mol. The minimum Gasteiger partial charge on any atom is -0.456 e. The number of benzene rings is 1. The molecule has 0 amide bonds. The van der Waals surface area contributed by atoms with Gasteiger partial charge in [-0.25, -0.2) is 0 Å². The number of rotatable bonds is 5. The summed E-state index contributed by atoms with van der Waals surface area (Å²) >= 11 is 0. The van der Waals surface area contributed by atoms with Gasteiger partial charge in [0.1, 0.15) is 6.10 Å². The van der Waals surface area contributed by atoms with Crippen LogP contribution < -0.4 is 0 Å². The Kier molecular flexibility index (Phi) is 4.24. The molecular formula is C23H26N2O2. The summed E-state index contributed by atoms with van der Waals surface area (Å²) in [6.07, 6.45) is 7.96. The summed E-state index contributed by atoms with van der Waals surface area (Å²) in [5, 5.41) is 1.09. The molecule has 4 unspecified atom stereocenters. The van der Waals surface area contributed by atoms with Crippen molar-refractivity contribution in [3.8, 4) is 0 Å². The van der Waals surface area contributed by atoms with E-state index in [1.165, 1.54) is 6.42 Å². The van der Waals surface area contributed by atoms with Gasteiger partial charge in [0.15, 0.2) is 0 Å². The van der Waals surface area contributed by atoms with E-state index >= 15 is 0 Å².